The van der Waals surface area contributed by atoms with Gasteiger partial charge in [0.05, 0.1) is 5.69 Å². The molecule has 2 rings (SSSR count). The van der Waals surface area contributed by atoms with Crippen molar-refractivity contribution in [3.05, 3.63) is 18.3 Å². The number of nitrogens with one attached hydrogen (secondary N) is 1. The van der Waals surface area contributed by atoms with Crippen molar-refractivity contribution in [2.45, 2.75) is 30.3 Å². The number of nitrogen functional groups attached to an aromatic ring is 1. The summed E-state index contributed by atoms with van der Waals surface area (Å²) in [4.78, 5) is 3.91. The van der Waals surface area contributed by atoms with Gasteiger partial charge in [0.25, 0.3) is 10.0 Å². The number of hydrazine groups is 1. The first-order valence-electron chi connectivity index (χ1n) is 5.47. The lowest BCUT2D eigenvalue weighted by Gasteiger charge is -2.33. The van der Waals surface area contributed by atoms with E-state index < -0.39 is 10.0 Å². The van der Waals surface area contributed by atoms with E-state index in [1.165, 1.54) is 10.5 Å². The quantitative estimate of drug-likeness (QED) is 0.606. The topological polar surface area (TPSA) is 88.3 Å². The summed E-state index contributed by atoms with van der Waals surface area (Å²) in [6.07, 6.45) is 4.35. The van der Waals surface area contributed by atoms with Gasteiger partial charge >= 0.3 is 0 Å². The van der Waals surface area contributed by atoms with E-state index in [0.717, 1.165) is 19.3 Å². The Kier molecular flexibility index (Phi) is 3.32. The lowest BCUT2D eigenvalue weighted by Crippen LogP contribution is -2.41. The van der Waals surface area contributed by atoms with Crippen LogP contribution in [0.15, 0.2) is 23.4 Å². The van der Waals surface area contributed by atoms with Gasteiger partial charge < -0.3 is 5.43 Å². The van der Waals surface area contributed by atoms with Crippen molar-refractivity contribution in [3.63, 3.8) is 0 Å². The second kappa shape index (κ2) is 4.59. The number of rotatable bonds is 4. The predicted octanol–water partition coefficient (Wildman–Crippen LogP) is 0.540. The Balaban J connectivity index is 2.36. The molecule has 0 unspecified atom stereocenters. The normalized spacial score (nSPS) is 16.9. The molecule has 0 saturated heterocycles. The lowest BCUT2D eigenvalue weighted by atomic mass is 9.94. The first kappa shape index (κ1) is 12.3. The van der Waals surface area contributed by atoms with Crippen molar-refractivity contribution >= 4 is 15.7 Å². The van der Waals surface area contributed by atoms with Crippen LogP contribution in [0.4, 0.5) is 5.69 Å². The molecule has 1 aromatic rings. The van der Waals surface area contributed by atoms with Crippen LogP contribution in [0.5, 0.6) is 0 Å². The van der Waals surface area contributed by atoms with Crippen LogP contribution >= 0.6 is 0 Å². The molecule has 0 spiro atoms. The number of hydrogen-bond donors (Lipinski definition) is 2. The highest BCUT2D eigenvalue weighted by molar-refractivity contribution is 7.89. The molecule has 17 heavy (non-hydrogen) atoms. The minimum atomic E-state index is -3.56. The van der Waals surface area contributed by atoms with E-state index in [-0.39, 0.29) is 11.1 Å². The van der Waals surface area contributed by atoms with Crippen molar-refractivity contribution in [3.8, 4) is 0 Å². The highest BCUT2D eigenvalue weighted by atomic mass is 32.2. The average molecular weight is 256 g/mol. The third-order valence-corrected chi connectivity index (χ3v) is 5.01. The molecule has 1 saturated carbocycles. The predicted molar refractivity (Wildman–Crippen MR) is 64.6 cm³/mol. The average Bonchev–Trinajstić information content (AvgIpc) is 2.26. The van der Waals surface area contributed by atoms with Crippen LogP contribution in [0.25, 0.3) is 0 Å². The van der Waals surface area contributed by atoms with Gasteiger partial charge in [-0.3, -0.25) is 5.84 Å². The summed E-state index contributed by atoms with van der Waals surface area (Å²) in [5.41, 5.74) is 2.68. The number of sulfonamides is 1. The van der Waals surface area contributed by atoms with Gasteiger partial charge in [-0.1, -0.05) is 6.42 Å². The summed E-state index contributed by atoms with van der Waals surface area (Å²) in [7, 11) is -1.97. The van der Waals surface area contributed by atoms with Crippen LogP contribution in [0.3, 0.4) is 0 Å². The Labute approximate surface area is 101 Å². The monoisotopic (exact) mass is 256 g/mol. The van der Waals surface area contributed by atoms with Crippen LogP contribution in [-0.4, -0.2) is 30.8 Å². The molecular weight excluding hydrogens is 240 g/mol. The lowest BCUT2D eigenvalue weighted by molar-refractivity contribution is 0.249. The van der Waals surface area contributed by atoms with Crippen molar-refractivity contribution in [1.29, 1.82) is 0 Å². The fourth-order valence-corrected chi connectivity index (χ4v) is 3.26. The zero-order valence-corrected chi connectivity index (χ0v) is 10.4. The van der Waals surface area contributed by atoms with E-state index in [1.807, 2.05) is 0 Å². The number of pyridine rings is 1. The summed E-state index contributed by atoms with van der Waals surface area (Å²) in [6, 6.07) is 3.32. The first-order chi connectivity index (χ1) is 8.07. The van der Waals surface area contributed by atoms with Crippen LogP contribution in [-0.2, 0) is 10.0 Å². The molecule has 1 fully saturated rings. The Hall–Kier alpha value is -1.18. The van der Waals surface area contributed by atoms with E-state index in [2.05, 4.69) is 10.4 Å². The van der Waals surface area contributed by atoms with Crippen LogP contribution in [0, 0.1) is 0 Å². The minimum absolute atomic E-state index is 0.0168. The molecular formula is C10H16N4O2S. The van der Waals surface area contributed by atoms with Gasteiger partial charge in [0.1, 0.15) is 0 Å². The van der Waals surface area contributed by atoms with Gasteiger partial charge in [-0.25, -0.2) is 13.4 Å². The smallest absolute Gasteiger partial charge is 0.262 e. The van der Waals surface area contributed by atoms with Gasteiger partial charge in [-0.15, -0.1) is 0 Å². The maximum absolute atomic E-state index is 12.3. The molecule has 0 radical (unpaired) electrons. The molecule has 0 bridgehead atoms. The summed E-state index contributed by atoms with van der Waals surface area (Å²) in [6.45, 7) is 0. The molecule has 94 valence electrons. The first-order valence-corrected chi connectivity index (χ1v) is 6.91. The second-order valence-corrected chi connectivity index (χ2v) is 6.02. The van der Waals surface area contributed by atoms with Crippen molar-refractivity contribution < 1.29 is 8.42 Å². The Morgan fingerprint density at radius 1 is 1.53 bits per heavy atom. The molecule has 1 aromatic heterocycles. The summed E-state index contributed by atoms with van der Waals surface area (Å²) in [5, 5.41) is -0.0168. The standard InChI is InChI=1S/C10H16N4O2S/c1-14(8-4-2-5-8)17(15,16)10-9(13-11)6-3-7-12-10/h3,6-8,13H,2,4-5,11H2,1H3. The van der Waals surface area contributed by atoms with Crippen LogP contribution < -0.4 is 11.3 Å². The SMILES string of the molecule is CN(C1CCC1)S(=O)(=O)c1ncccc1NN. The molecule has 1 aliphatic carbocycles. The molecule has 0 amide bonds. The van der Waals surface area contributed by atoms with E-state index in [4.69, 9.17) is 5.84 Å². The minimum Gasteiger partial charge on any atom is -0.321 e. The van der Waals surface area contributed by atoms with Gasteiger partial charge in [0.15, 0.2) is 5.03 Å². The molecule has 3 N–H and O–H groups in total. The molecule has 6 nitrogen and oxygen atoms in total. The zero-order chi connectivity index (χ0) is 12.5. The van der Waals surface area contributed by atoms with E-state index in [0.29, 0.717) is 5.69 Å². The summed E-state index contributed by atoms with van der Waals surface area (Å²) in [5.74, 6) is 5.30. The highest BCUT2D eigenvalue weighted by Gasteiger charge is 2.33. The second-order valence-electron chi connectivity index (χ2n) is 4.11. The van der Waals surface area contributed by atoms with Crippen molar-refractivity contribution in [2.75, 3.05) is 12.5 Å². The summed E-state index contributed by atoms with van der Waals surface area (Å²) >= 11 is 0. The molecule has 1 aliphatic rings. The largest absolute Gasteiger partial charge is 0.321 e. The third kappa shape index (κ3) is 2.13. The molecule has 7 heteroatoms. The molecule has 1 heterocycles. The van der Waals surface area contributed by atoms with E-state index in [1.54, 1.807) is 19.2 Å². The summed E-state index contributed by atoms with van der Waals surface area (Å²) < 4.78 is 26.0. The molecule has 0 aromatic carbocycles. The fourth-order valence-electron chi connectivity index (χ4n) is 1.79. The van der Waals surface area contributed by atoms with E-state index >= 15 is 0 Å². The van der Waals surface area contributed by atoms with E-state index in [9.17, 15) is 8.42 Å². The number of nitrogens with zero attached hydrogens (tertiary/aromatic N) is 2. The Bertz CT molecular complexity index is 499. The number of hydrogen-bond acceptors (Lipinski definition) is 5. The molecule has 0 atom stereocenters. The third-order valence-electron chi connectivity index (χ3n) is 3.14. The van der Waals surface area contributed by atoms with Crippen molar-refractivity contribution in [1.82, 2.24) is 9.29 Å². The van der Waals surface area contributed by atoms with Gasteiger partial charge in [-0.05, 0) is 25.0 Å². The molecule has 0 aliphatic heterocycles. The maximum Gasteiger partial charge on any atom is 0.262 e. The highest BCUT2D eigenvalue weighted by Crippen LogP contribution is 2.29. The fraction of sp³-hybridized carbons (Fsp3) is 0.500. The van der Waals surface area contributed by atoms with Gasteiger partial charge in [0.2, 0.25) is 0 Å². The van der Waals surface area contributed by atoms with Gasteiger partial charge in [-0.2, -0.15) is 4.31 Å². The number of anilines is 1. The van der Waals surface area contributed by atoms with Crippen LogP contribution in [0.1, 0.15) is 19.3 Å². The Morgan fingerprint density at radius 3 is 2.76 bits per heavy atom. The Morgan fingerprint density at radius 2 is 2.24 bits per heavy atom. The van der Waals surface area contributed by atoms with Gasteiger partial charge in [0, 0.05) is 19.3 Å². The number of aromatic nitrogens is 1. The maximum atomic E-state index is 12.3. The zero-order valence-electron chi connectivity index (χ0n) is 9.63. The van der Waals surface area contributed by atoms with Crippen molar-refractivity contribution in [2.24, 2.45) is 5.84 Å². The van der Waals surface area contributed by atoms with Crippen LogP contribution in [0.2, 0.25) is 0 Å². The number of nitrogens with two attached hydrogens (primary N) is 1.